The van der Waals surface area contributed by atoms with Gasteiger partial charge in [0, 0.05) is 5.56 Å². The van der Waals surface area contributed by atoms with Crippen LogP contribution >= 0.6 is 11.8 Å². The average Bonchev–Trinajstić information content (AvgIpc) is 2.97. The highest BCUT2D eigenvalue weighted by Crippen LogP contribution is 2.44. The van der Waals surface area contributed by atoms with Crippen molar-refractivity contribution in [1.82, 2.24) is 5.01 Å². The predicted molar refractivity (Wildman–Crippen MR) is 98.6 cm³/mol. The Kier molecular flexibility index (Phi) is 5.67. The third kappa shape index (κ3) is 3.86. The third-order valence-corrected chi connectivity index (χ3v) is 5.81. The van der Waals surface area contributed by atoms with E-state index in [1.807, 2.05) is 0 Å². The summed E-state index contributed by atoms with van der Waals surface area (Å²) in [6.07, 6.45) is 0.358. The lowest BCUT2D eigenvalue weighted by molar-refractivity contribution is -0.289. The Labute approximate surface area is 163 Å². The van der Waals surface area contributed by atoms with E-state index in [-0.39, 0.29) is 16.8 Å². The molecule has 1 aliphatic carbocycles. The second-order valence-corrected chi connectivity index (χ2v) is 7.68. The first-order valence-electron chi connectivity index (χ1n) is 8.71. The first-order chi connectivity index (χ1) is 13.1. The number of alkyl halides is 3. The SMILES string of the molecule is Oc1ccc(/C=N\N2C(=NC3CCCCC3)SCC2(O)C(F)(F)F)c(O)c1O. The van der Waals surface area contributed by atoms with Crippen molar-refractivity contribution >= 4 is 23.1 Å². The number of phenols is 3. The maximum Gasteiger partial charge on any atom is 0.439 e. The smallest absolute Gasteiger partial charge is 0.439 e. The Morgan fingerprint density at radius 1 is 1.11 bits per heavy atom. The standard InChI is InChI=1S/C17H20F3N3O4S/c18-17(19,20)16(27)9-28-15(22-11-4-2-1-3-5-11)23(16)21-8-10-6-7-12(24)14(26)13(10)25/h6-8,11,24-27H,1-5,9H2/b21-8-,22-15?. The number of rotatable bonds is 3. The van der Waals surface area contributed by atoms with Gasteiger partial charge in [-0.2, -0.15) is 18.3 Å². The number of benzene rings is 1. The highest BCUT2D eigenvalue weighted by atomic mass is 32.2. The maximum absolute atomic E-state index is 13.5. The molecule has 3 rings (SSSR count). The van der Waals surface area contributed by atoms with Gasteiger partial charge >= 0.3 is 6.18 Å². The van der Waals surface area contributed by atoms with Crippen molar-refractivity contribution in [2.75, 3.05) is 5.75 Å². The van der Waals surface area contributed by atoms with Gasteiger partial charge in [-0.05, 0) is 25.0 Å². The van der Waals surface area contributed by atoms with Crippen LogP contribution in [-0.2, 0) is 0 Å². The number of thioether (sulfide) groups is 1. The van der Waals surface area contributed by atoms with Gasteiger partial charge in [0.1, 0.15) is 0 Å². The number of phenolic OH excluding ortho intramolecular Hbond substituents is 3. The molecule has 0 aromatic heterocycles. The molecule has 1 atom stereocenters. The van der Waals surface area contributed by atoms with E-state index in [0.717, 1.165) is 56.1 Å². The van der Waals surface area contributed by atoms with Crippen LogP contribution in [-0.4, -0.2) is 60.5 Å². The Morgan fingerprint density at radius 2 is 1.79 bits per heavy atom. The number of amidine groups is 1. The van der Waals surface area contributed by atoms with Crippen molar-refractivity contribution < 1.29 is 33.6 Å². The van der Waals surface area contributed by atoms with Crippen molar-refractivity contribution in [3.8, 4) is 17.2 Å². The Balaban J connectivity index is 1.95. The summed E-state index contributed by atoms with van der Waals surface area (Å²) in [5, 5.41) is 43.1. The van der Waals surface area contributed by atoms with Crippen LogP contribution in [0.2, 0.25) is 0 Å². The monoisotopic (exact) mass is 419 g/mol. The van der Waals surface area contributed by atoms with Crippen LogP contribution in [0.25, 0.3) is 0 Å². The lowest BCUT2D eigenvalue weighted by Crippen LogP contribution is -2.56. The predicted octanol–water partition coefficient (Wildman–Crippen LogP) is 3.13. The zero-order chi connectivity index (χ0) is 20.5. The van der Waals surface area contributed by atoms with E-state index < -0.39 is 34.9 Å². The minimum absolute atomic E-state index is 0.0505. The Bertz CT molecular complexity index is 797. The van der Waals surface area contributed by atoms with E-state index in [1.54, 1.807) is 0 Å². The molecule has 0 amide bonds. The molecule has 1 heterocycles. The van der Waals surface area contributed by atoms with Gasteiger partial charge in [0.15, 0.2) is 16.7 Å². The molecule has 1 saturated heterocycles. The van der Waals surface area contributed by atoms with Crippen LogP contribution < -0.4 is 0 Å². The highest BCUT2D eigenvalue weighted by molar-refractivity contribution is 8.14. The molecule has 0 bridgehead atoms. The fraction of sp³-hybridized carbons (Fsp3) is 0.529. The molecule has 1 aromatic carbocycles. The number of hydrogen-bond donors (Lipinski definition) is 4. The van der Waals surface area contributed by atoms with Crippen molar-refractivity contribution in [3.05, 3.63) is 17.7 Å². The molecule has 1 unspecified atom stereocenters. The molecule has 2 aliphatic rings. The largest absolute Gasteiger partial charge is 0.504 e. The minimum Gasteiger partial charge on any atom is -0.504 e. The summed E-state index contributed by atoms with van der Waals surface area (Å²) in [5.41, 5.74) is -3.37. The van der Waals surface area contributed by atoms with Crippen LogP contribution in [0.4, 0.5) is 13.2 Å². The number of hydrazone groups is 1. The molecule has 1 aliphatic heterocycles. The maximum atomic E-state index is 13.5. The molecule has 4 N–H and O–H groups in total. The quantitative estimate of drug-likeness (QED) is 0.443. The van der Waals surface area contributed by atoms with Crippen molar-refractivity contribution in [2.24, 2.45) is 10.1 Å². The average molecular weight is 419 g/mol. The molecule has 0 radical (unpaired) electrons. The molecule has 28 heavy (non-hydrogen) atoms. The molecule has 7 nitrogen and oxygen atoms in total. The molecule has 0 spiro atoms. The Morgan fingerprint density at radius 3 is 2.43 bits per heavy atom. The van der Waals surface area contributed by atoms with Crippen LogP contribution in [0.3, 0.4) is 0 Å². The molecule has 2 fully saturated rings. The van der Waals surface area contributed by atoms with Gasteiger partial charge in [-0.15, -0.1) is 0 Å². The lowest BCUT2D eigenvalue weighted by atomic mass is 9.96. The van der Waals surface area contributed by atoms with E-state index >= 15 is 0 Å². The first-order valence-corrected chi connectivity index (χ1v) is 9.70. The van der Waals surface area contributed by atoms with Crippen LogP contribution in [0, 0.1) is 0 Å². The molecular weight excluding hydrogens is 399 g/mol. The van der Waals surface area contributed by atoms with E-state index in [9.17, 15) is 33.6 Å². The Hall–Kier alpha value is -2.14. The number of aromatic hydroxyl groups is 3. The molecule has 154 valence electrons. The molecule has 11 heteroatoms. The minimum atomic E-state index is -4.99. The van der Waals surface area contributed by atoms with Crippen LogP contribution in [0.15, 0.2) is 22.2 Å². The summed E-state index contributed by atoms with van der Waals surface area (Å²) < 4.78 is 40.5. The summed E-state index contributed by atoms with van der Waals surface area (Å²) in [5.74, 6) is -2.83. The van der Waals surface area contributed by atoms with Gasteiger partial charge in [0.05, 0.1) is 18.0 Å². The van der Waals surface area contributed by atoms with E-state index in [1.165, 1.54) is 6.07 Å². The van der Waals surface area contributed by atoms with E-state index in [2.05, 4.69) is 10.1 Å². The highest BCUT2D eigenvalue weighted by Gasteiger charge is 2.63. The topological polar surface area (TPSA) is 109 Å². The van der Waals surface area contributed by atoms with Crippen molar-refractivity contribution in [2.45, 2.75) is 50.0 Å². The number of nitrogens with zero attached hydrogens (tertiary/aromatic N) is 3. The van der Waals surface area contributed by atoms with Gasteiger partial charge < -0.3 is 20.4 Å². The normalized spacial score (nSPS) is 25.9. The molecule has 1 aromatic rings. The second-order valence-electron chi connectivity index (χ2n) is 6.73. The fourth-order valence-corrected chi connectivity index (χ4v) is 4.22. The number of aliphatic hydroxyl groups is 1. The summed E-state index contributed by atoms with van der Waals surface area (Å²) in [7, 11) is 0. The van der Waals surface area contributed by atoms with Crippen molar-refractivity contribution in [3.63, 3.8) is 0 Å². The molecule has 1 saturated carbocycles. The molecular formula is C17H20F3N3O4S. The second kappa shape index (κ2) is 7.70. The third-order valence-electron chi connectivity index (χ3n) is 4.73. The fourth-order valence-electron chi connectivity index (χ4n) is 3.06. The zero-order valence-corrected chi connectivity index (χ0v) is 15.5. The number of aliphatic imine (C=N–C) groups is 1. The summed E-state index contributed by atoms with van der Waals surface area (Å²) in [6.45, 7) is 0. The van der Waals surface area contributed by atoms with Gasteiger partial charge in [-0.25, -0.2) is 5.01 Å². The van der Waals surface area contributed by atoms with Gasteiger partial charge in [-0.1, -0.05) is 31.0 Å². The van der Waals surface area contributed by atoms with Gasteiger partial charge in [0.2, 0.25) is 5.75 Å². The summed E-state index contributed by atoms with van der Waals surface area (Å²) in [4.78, 5) is 4.37. The van der Waals surface area contributed by atoms with Crippen LogP contribution in [0.1, 0.15) is 37.7 Å². The first kappa shape index (κ1) is 20.6. The van der Waals surface area contributed by atoms with Crippen molar-refractivity contribution in [1.29, 1.82) is 0 Å². The summed E-state index contributed by atoms with van der Waals surface area (Å²) in [6, 6.07) is 2.10. The lowest BCUT2D eigenvalue weighted by Gasteiger charge is -2.32. The van der Waals surface area contributed by atoms with Gasteiger partial charge in [-0.3, -0.25) is 4.99 Å². The number of hydrogen-bond acceptors (Lipinski definition) is 7. The number of halogens is 3. The zero-order valence-electron chi connectivity index (χ0n) is 14.7. The van der Waals surface area contributed by atoms with Gasteiger partial charge in [0.25, 0.3) is 5.72 Å². The van der Waals surface area contributed by atoms with Crippen LogP contribution in [0.5, 0.6) is 17.2 Å². The summed E-state index contributed by atoms with van der Waals surface area (Å²) >= 11 is 0.763. The van der Waals surface area contributed by atoms with E-state index in [0.29, 0.717) is 5.01 Å². The van der Waals surface area contributed by atoms with E-state index in [4.69, 9.17) is 0 Å².